The van der Waals surface area contributed by atoms with Crippen molar-refractivity contribution in [1.29, 1.82) is 0 Å². The molecule has 0 saturated heterocycles. The highest BCUT2D eigenvalue weighted by Crippen LogP contribution is 2.20. The van der Waals surface area contributed by atoms with Gasteiger partial charge in [-0.2, -0.15) is 4.98 Å². The van der Waals surface area contributed by atoms with Gasteiger partial charge in [0.05, 0.1) is 5.69 Å². The van der Waals surface area contributed by atoms with E-state index in [9.17, 15) is 4.79 Å². The minimum atomic E-state index is -0.378. The van der Waals surface area contributed by atoms with Crippen LogP contribution in [0.2, 0.25) is 0 Å². The van der Waals surface area contributed by atoms with Gasteiger partial charge < -0.3 is 20.3 Å². The molecular weight excluding hydrogens is 248 g/mol. The number of rotatable bonds is 5. The van der Waals surface area contributed by atoms with Crippen LogP contribution in [0.4, 0.5) is 5.69 Å². The van der Waals surface area contributed by atoms with Crippen LogP contribution in [0.5, 0.6) is 5.75 Å². The number of nitrogens with zero attached hydrogens (tertiary/aromatic N) is 2. The molecule has 100 valence electrons. The number of nitrogens with two attached hydrogens (primary N) is 1. The highest BCUT2D eigenvalue weighted by Gasteiger charge is 2.14. The summed E-state index contributed by atoms with van der Waals surface area (Å²) in [7, 11) is 0. The lowest BCUT2D eigenvalue weighted by Gasteiger charge is -2.05. The van der Waals surface area contributed by atoms with E-state index >= 15 is 0 Å². The van der Waals surface area contributed by atoms with Crippen molar-refractivity contribution in [2.24, 2.45) is 0 Å². The summed E-state index contributed by atoms with van der Waals surface area (Å²) in [4.78, 5) is 15.3. The fourth-order valence-electron chi connectivity index (χ4n) is 1.40. The number of benzene rings is 1. The van der Waals surface area contributed by atoms with Crippen LogP contribution < -0.4 is 15.8 Å². The van der Waals surface area contributed by atoms with E-state index in [-0.39, 0.29) is 24.2 Å². The van der Waals surface area contributed by atoms with Gasteiger partial charge in [0.2, 0.25) is 0 Å². The first kappa shape index (κ1) is 12.9. The van der Waals surface area contributed by atoms with E-state index in [1.807, 2.05) is 6.07 Å². The van der Waals surface area contributed by atoms with Crippen LogP contribution in [0.1, 0.15) is 23.4 Å². The van der Waals surface area contributed by atoms with Gasteiger partial charge in [-0.05, 0) is 19.1 Å². The largest absolute Gasteiger partial charge is 0.482 e. The van der Waals surface area contributed by atoms with E-state index in [0.29, 0.717) is 18.0 Å². The zero-order valence-corrected chi connectivity index (χ0v) is 10.4. The Labute approximate surface area is 109 Å². The molecule has 0 bridgehead atoms. The summed E-state index contributed by atoms with van der Waals surface area (Å²) in [5.41, 5.74) is 6.24. The Bertz CT molecular complexity index is 568. The van der Waals surface area contributed by atoms with Gasteiger partial charge in [0.25, 0.3) is 17.6 Å². The average molecular weight is 262 g/mol. The highest BCUT2D eigenvalue weighted by atomic mass is 16.5. The number of hydrogen-bond donors (Lipinski definition) is 2. The third kappa shape index (κ3) is 3.21. The summed E-state index contributed by atoms with van der Waals surface area (Å²) >= 11 is 0. The number of aromatic nitrogens is 2. The molecule has 0 radical (unpaired) electrons. The van der Waals surface area contributed by atoms with Crippen molar-refractivity contribution < 1.29 is 14.1 Å². The minimum Gasteiger partial charge on any atom is -0.482 e. The molecule has 0 unspecified atom stereocenters. The normalized spacial score (nSPS) is 10.2. The summed E-state index contributed by atoms with van der Waals surface area (Å²) < 4.78 is 10.3. The number of ether oxygens (including phenoxy) is 1. The summed E-state index contributed by atoms with van der Waals surface area (Å²) in [5, 5.41) is 6.13. The molecule has 7 heteroatoms. The lowest BCUT2D eigenvalue weighted by atomic mass is 10.3. The Hall–Kier alpha value is -2.57. The van der Waals surface area contributed by atoms with Gasteiger partial charge in [-0.25, -0.2) is 0 Å². The molecule has 2 rings (SSSR count). The average Bonchev–Trinajstić information content (AvgIpc) is 2.87. The molecule has 1 aromatic carbocycles. The predicted octanol–water partition coefficient (Wildman–Crippen LogP) is 0.981. The topological polar surface area (TPSA) is 103 Å². The Balaban J connectivity index is 1.97. The van der Waals surface area contributed by atoms with Crippen LogP contribution in [0, 0.1) is 0 Å². The molecule has 0 aliphatic carbocycles. The Morgan fingerprint density at radius 3 is 3.00 bits per heavy atom. The zero-order valence-electron chi connectivity index (χ0n) is 10.4. The number of amides is 1. The van der Waals surface area contributed by atoms with Gasteiger partial charge in [-0.1, -0.05) is 17.3 Å². The molecule has 0 fully saturated rings. The molecule has 0 saturated carbocycles. The smallest absolute Gasteiger partial charge is 0.292 e. The number of para-hydroxylation sites is 2. The maximum atomic E-state index is 11.4. The molecule has 3 N–H and O–H groups in total. The van der Waals surface area contributed by atoms with E-state index in [1.54, 1.807) is 25.1 Å². The molecule has 0 aliphatic heterocycles. The van der Waals surface area contributed by atoms with Crippen molar-refractivity contribution in [3.05, 3.63) is 36.0 Å². The van der Waals surface area contributed by atoms with Crippen LogP contribution in [0.15, 0.2) is 28.8 Å². The van der Waals surface area contributed by atoms with Gasteiger partial charge in [0.1, 0.15) is 5.75 Å². The number of nitrogens with one attached hydrogen (secondary N) is 1. The van der Waals surface area contributed by atoms with Gasteiger partial charge in [-0.3, -0.25) is 4.79 Å². The first-order valence-electron chi connectivity index (χ1n) is 5.78. The SMILES string of the molecule is CCNC(=O)c1noc(COc2ccccc2N)n1. The van der Waals surface area contributed by atoms with Gasteiger partial charge in [0.15, 0.2) is 6.61 Å². The maximum Gasteiger partial charge on any atom is 0.292 e. The number of carbonyl (C=O) groups is 1. The van der Waals surface area contributed by atoms with E-state index < -0.39 is 0 Å². The van der Waals surface area contributed by atoms with E-state index in [0.717, 1.165) is 0 Å². The van der Waals surface area contributed by atoms with Crippen molar-refractivity contribution in [2.75, 3.05) is 12.3 Å². The first-order valence-corrected chi connectivity index (χ1v) is 5.78. The third-order valence-corrected chi connectivity index (χ3v) is 2.28. The van der Waals surface area contributed by atoms with Crippen LogP contribution in [0.25, 0.3) is 0 Å². The van der Waals surface area contributed by atoms with Crippen LogP contribution in [-0.4, -0.2) is 22.6 Å². The summed E-state index contributed by atoms with van der Waals surface area (Å²) in [6, 6.07) is 7.07. The second-order valence-electron chi connectivity index (χ2n) is 3.70. The van der Waals surface area contributed by atoms with Gasteiger partial charge in [-0.15, -0.1) is 0 Å². The van der Waals surface area contributed by atoms with Crippen molar-refractivity contribution in [3.8, 4) is 5.75 Å². The number of anilines is 1. The summed E-state index contributed by atoms with van der Waals surface area (Å²) in [6.45, 7) is 2.36. The van der Waals surface area contributed by atoms with Crippen molar-refractivity contribution in [2.45, 2.75) is 13.5 Å². The fraction of sp³-hybridized carbons (Fsp3) is 0.250. The van der Waals surface area contributed by atoms with Crippen molar-refractivity contribution in [1.82, 2.24) is 15.5 Å². The standard InChI is InChI=1S/C12H14N4O3/c1-2-14-12(17)11-15-10(19-16-11)7-18-9-6-4-3-5-8(9)13/h3-6H,2,7,13H2,1H3,(H,14,17). The monoisotopic (exact) mass is 262 g/mol. The zero-order chi connectivity index (χ0) is 13.7. The third-order valence-electron chi connectivity index (χ3n) is 2.28. The molecule has 1 heterocycles. The molecule has 0 aliphatic rings. The molecule has 1 amide bonds. The van der Waals surface area contributed by atoms with E-state index in [4.69, 9.17) is 15.0 Å². The molecule has 19 heavy (non-hydrogen) atoms. The predicted molar refractivity (Wildman–Crippen MR) is 67.5 cm³/mol. The number of carbonyl (C=O) groups excluding carboxylic acids is 1. The van der Waals surface area contributed by atoms with Crippen LogP contribution in [0.3, 0.4) is 0 Å². The molecule has 1 aromatic heterocycles. The van der Waals surface area contributed by atoms with Crippen LogP contribution >= 0.6 is 0 Å². The van der Waals surface area contributed by atoms with Gasteiger partial charge in [0, 0.05) is 6.54 Å². The van der Waals surface area contributed by atoms with Crippen molar-refractivity contribution >= 4 is 11.6 Å². The summed E-state index contributed by atoms with van der Waals surface area (Å²) in [5.74, 6) is 0.350. The second kappa shape index (κ2) is 5.85. The molecule has 0 spiro atoms. The quantitative estimate of drug-likeness (QED) is 0.778. The maximum absolute atomic E-state index is 11.4. The Morgan fingerprint density at radius 2 is 2.26 bits per heavy atom. The molecule has 2 aromatic rings. The molecular formula is C12H14N4O3. The summed E-state index contributed by atoms with van der Waals surface area (Å²) in [6.07, 6.45) is 0. The van der Waals surface area contributed by atoms with E-state index in [1.165, 1.54) is 0 Å². The lowest BCUT2D eigenvalue weighted by molar-refractivity contribution is 0.0942. The Morgan fingerprint density at radius 1 is 1.47 bits per heavy atom. The fourth-order valence-corrected chi connectivity index (χ4v) is 1.40. The second-order valence-corrected chi connectivity index (χ2v) is 3.70. The molecule has 7 nitrogen and oxygen atoms in total. The highest BCUT2D eigenvalue weighted by molar-refractivity contribution is 5.90. The van der Waals surface area contributed by atoms with Gasteiger partial charge >= 0.3 is 0 Å². The Kier molecular flexibility index (Phi) is 3.97. The van der Waals surface area contributed by atoms with E-state index in [2.05, 4.69) is 15.5 Å². The molecule has 0 atom stereocenters. The first-order chi connectivity index (χ1) is 9.20. The lowest BCUT2D eigenvalue weighted by Crippen LogP contribution is -2.23. The number of hydrogen-bond acceptors (Lipinski definition) is 6. The van der Waals surface area contributed by atoms with Crippen molar-refractivity contribution in [3.63, 3.8) is 0 Å². The minimum absolute atomic E-state index is 0.0125. The number of nitrogen functional groups attached to an aromatic ring is 1. The van der Waals surface area contributed by atoms with Crippen LogP contribution in [-0.2, 0) is 6.61 Å².